The number of unbranched alkanes of at least 4 members (excludes halogenated alkanes) is 5. The van der Waals surface area contributed by atoms with Crippen LogP contribution in [0.1, 0.15) is 72.6 Å². The molecule has 0 saturated heterocycles. The van der Waals surface area contributed by atoms with E-state index in [0.29, 0.717) is 11.3 Å². The molecule has 0 aromatic rings. The highest BCUT2D eigenvalue weighted by atomic mass is 16.5. The largest absolute Gasteiger partial charge is 0.384 e. The van der Waals surface area contributed by atoms with E-state index in [4.69, 9.17) is 4.74 Å². The maximum absolute atomic E-state index is 5.52. The minimum atomic E-state index is 0.315. The van der Waals surface area contributed by atoms with Crippen LogP contribution in [0.2, 0.25) is 0 Å². The van der Waals surface area contributed by atoms with E-state index < -0.39 is 0 Å². The molecule has 0 amide bonds. The van der Waals surface area contributed by atoms with E-state index in [0.717, 1.165) is 19.7 Å². The summed E-state index contributed by atoms with van der Waals surface area (Å²) in [6.45, 7) is 12.2. The topological polar surface area (TPSA) is 21.3 Å². The molecule has 19 heavy (non-hydrogen) atoms. The highest BCUT2D eigenvalue weighted by Gasteiger charge is 2.32. The van der Waals surface area contributed by atoms with E-state index in [2.05, 4.69) is 33.0 Å². The average Bonchev–Trinajstić information content (AvgIpc) is 2.39. The summed E-state index contributed by atoms with van der Waals surface area (Å²) in [4.78, 5) is 0. The van der Waals surface area contributed by atoms with Crippen LogP contribution in [0, 0.1) is 11.3 Å². The Bertz CT molecular complexity index is 194. The SMILES string of the molecule is CCCCCCCCC(CNCC)(COC)C(C)C. The molecule has 1 N–H and O–H groups in total. The Labute approximate surface area is 121 Å². The minimum absolute atomic E-state index is 0.315. The lowest BCUT2D eigenvalue weighted by molar-refractivity contribution is 0.0336. The third-order valence-electron chi connectivity index (χ3n) is 4.41. The molecule has 0 saturated carbocycles. The highest BCUT2D eigenvalue weighted by molar-refractivity contribution is 4.84. The molecule has 0 bridgehead atoms. The van der Waals surface area contributed by atoms with Crippen LogP contribution in [0.5, 0.6) is 0 Å². The second-order valence-corrected chi connectivity index (χ2v) is 6.25. The Kier molecular flexibility index (Phi) is 11.7. The number of methoxy groups -OCH3 is 1. The van der Waals surface area contributed by atoms with Crippen LogP contribution in [-0.4, -0.2) is 26.8 Å². The molecular weight excluding hydrogens is 234 g/mol. The fourth-order valence-corrected chi connectivity index (χ4v) is 2.79. The minimum Gasteiger partial charge on any atom is -0.384 e. The number of rotatable bonds is 13. The van der Waals surface area contributed by atoms with Crippen molar-refractivity contribution in [3.05, 3.63) is 0 Å². The molecule has 0 radical (unpaired) electrons. The van der Waals surface area contributed by atoms with Gasteiger partial charge < -0.3 is 10.1 Å². The van der Waals surface area contributed by atoms with Gasteiger partial charge in [-0.3, -0.25) is 0 Å². The van der Waals surface area contributed by atoms with Crippen LogP contribution < -0.4 is 5.32 Å². The molecule has 0 aromatic carbocycles. The Morgan fingerprint density at radius 1 is 1.00 bits per heavy atom. The van der Waals surface area contributed by atoms with Crippen molar-refractivity contribution in [2.75, 3.05) is 26.8 Å². The van der Waals surface area contributed by atoms with Crippen LogP contribution in [0.15, 0.2) is 0 Å². The standard InChI is InChI=1S/C17H37NO/c1-6-8-9-10-11-12-13-17(15-19-5,16(3)4)14-18-7-2/h16,18H,6-15H2,1-5H3. The molecule has 0 aliphatic heterocycles. The maximum Gasteiger partial charge on any atom is 0.0533 e. The van der Waals surface area contributed by atoms with Gasteiger partial charge in [-0.2, -0.15) is 0 Å². The van der Waals surface area contributed by atoms with E-state index in [-0.39, 0.29) is 0 Å². The zero-order valence-electron chi connectivity index (χ0n) is 14.1. The fraction of sp³-hybridized carbons (Fsp3) is 1.00. The number of ether oxygens (including phenoxy) is 1. The van der Waals surface area contributed by atoms with Crippen molar-refractivity contribution < 1.29 is 4.74 Å². The predicted octanol–water partition coefficient (Wildman–Crippen LogP) is 4.64. The van der Waals surface area contributed by atoms with Gasteiger partial charge in [-0.1, -0.05) is 66.2 Å². The fourth-order valence-electron chi connectivity index (χ4n) is 2.79. The molecule has 1 unspecified atom stereocenters. The Morgan fingerprint density at radius 3 is 2.16 bits per heavy atom. The molecule has 0 spiro atoms. The number of hydrogen-bond acceptors (Lipinski definition) is 2. The molecule has 0 fully saturated rings. The molecule has 0 rings (SSSR count). The van der Waals surface area contributed by atoms with E-state index >= 15 is 0 Å². The number of nitrogens with one attached hydrogen (secondary N) is 1. The second-order valence-electron chi connectivity index (χ2n) is 6.25. The summed E-state index contributed by atoms with van der Waals surface area (Å²) in [5.74, 6) is 0.669. The van der Waals surface area contributed by atoms with Gasteiger partial charge in [-0.25, -0.2) is 0 Å². The van der Waals surface area contributed by atoms with Gasteiger partial charge in [0.2, 0.25) is 0 Å². The van der Waals surface area contributed by atoms with Crippen molar-refractivity contribution >= 4 is 0 Å². The second kappa shape index (κ2) is 11.7. The summed E-state index contributed by atoms with van der Waals surface area (Å²) < 4.78 is 5.52. The first-order valence-electron chi connectivity index (χ1n) is 8.32. The normalized spacial score (nSPS) is 14.8. The first-order valence-corrected chi connectivity index (χ1v) is 8.32. The summed E-state index contributed by atoms with van der Waals surface area (Å²) in [6, 6.07) is 0. The van der Waals surface area contributed by atoms with Gasteiger partial charge >= 0.3 is 0 Å². The first kappa shape index (κ1) is 18.9. The van der Waals surface area contributed by atoms with Crippen molar-refractivity contribution in [2.45, 2.75) is 72.6 Å². The van der Waals surface area contributed by atoms with Crippen LogP contribution in [0.4, 0.5) is 0 Å². The predicted molar refractivity (Wildman–Crippen MR) is 85.7 cm³/mol. The number of hydrogen-bond donors (Lipinski definition) is 1. The molecule has 0 aromatic heterocycles. The van der Waals surface area contributed by atoms with Gasteiger partial charge in [0.1, 0.15) is 0 Å². The van der Waals surface area contributed by atoms with Crippen LogP contribution in [-0.2, 0) is 4.74 Å². The van der Waals surface area contributed by atoms with Crippen LogP contribution in [0.25, 0.3) is 0 Å². The maximum atomic E-state index is 5.52. The zero-order valence-corrected chi connectivity index (χ0v) is 14.1. The summed E-state index contributed by atoms with van der Waals surface area (Å²) in [6.07, 6.45) is 9.54. The molecule has 0 heterocycles. The van der Waals surface area contributed by atoms with Gasteiger partial charge in [-0.05, 0) is 18.9 Å². The molecule has 2 heteroatoms. The highest BCUT2D eigenvalue weighted by Crippen LogP contribution is 2.33. The summed E-state index contributed by atoms with van der Waals surface area (Å²) in [5.41, 5.74) is 0.315. The van der Waals surface area contributed by atoms with Gasteiger partial charge in [0.15, 0.2) is 0 Å². The zero-order chi connectivity index (χ0) is 14.6. The monoisotopic (exact) mass is 271 g/mol. The van der Waals surface area contributed by atoms with Gasteiger partial charge in [0.05, 0.1) is 6.61 Å². The molecule has 0 aliphatic rings. The molecule has 116 valence electrons. The molecule has 2 nitrogen and oxygen atoms in total. The van der Waals surface area contributed by atoms with Crippen molar-refractivity contribution in [2.24, 2.45) is 11.3 Å². The lowest BCUT2D eigenvalue weighted by Gasteiger charge is -2.37. The van der Waals surface area contributed by atoms with E-state index in [9.17, 15) is 0 Å². The lowest BCUT2D eigenvalue weighted by Crippen LogP contribution is -2.42. The lowest BCUT2D eigenvalue weighted by atomic mass is 9.73. The van der Waals surface area contributed by atoms with Crippen molar-refractivity contribution in [3.8, 4) is 0 Å². The van der Waals surface area contributed by atoms with Crippen molar-refractivity contribution in [1.82, 2.24) is 5.32 Å². The molecule has 0 aliphatic carbocycles. The Balaban J connectivity index is 4.15. The van der Waals surface area contributed by atoms with E-state index in [1.165, 1.54) is 44.9 Å². The van der Waals surface area contributed by atoms with E-state index in [1.807, 2.05) is 7.11 Å². The molecule has 1 atom stereocenters. The van der Waals surface area contributed by atoms with E-state index in [1.54, 1.807) is 0 Å². The smallest absolute Gasteiger partial charge is 0.0533 e. The summed E-state index contributed by atoms with van der Waals surface area (Å²) >= 11 is 0. The molecular formula is C17H37NO. The van der Waals surface area contributed by atoms with Crippen LogP contribution in [0.3, 0.4) is 0 Å². The average molecular weight is 271 g/mol. The Hall–Kier alpha value is -0.0800. The third-order valence-corrected chi connectivity index (χ3v) is 4.41. The first-order chi connectivity index (χ1) is 9.13. The van der Waals surface area contributed by atoms with Crippen LogP contribution >= 0.6 is 0 Å². The third kappa shape index (κ3) is 7.94. The quantitative estimate of drug-likeness (QED) is 0.493. The van der Waals surface area contributed by atoms with Gasteiger partial charge in [0, 0.05) is 19.1 Å². The Morgan fingerprint density at radius 2 is 1.63 bits per heavy atom. The van der Waals surface area contributed by atoms with Gasteiger partial charge in [-0.15, -0.1) is 0 Å². The summed E-state index contributed by atoms with van der Waals surface area (Å²) in [7, 11) is 1.84. The van der Waals surface area contributed by atoms with Gasteiger partial charge in [0.25, 0.3) is 0 Å². The van der Waals surface area contributed by atoms with Crippen molar-refractivity contribution in [1.29, 1.82) is 0 Å². The van der Waals surface area contributed by atoms with Crippen molar-refractivity contribution in [3.63, 3.8) is 0 Å². The summed E-state index contributed by atoms with van der Waals surface area (Å²) in [5, 5.41) is 3.54.